The first-order valence-electron chi connectivity index (χ1n) is 5.80. The molecule has 0 aromatic rings. The van der Waals surface area contributed by atoms with Crippen molar-refractivity contribution in [3.05, 3.63) is 0 Å². The van der Waals surface area contributed by atoms with Crippen LogP contribution in [0.5, 0.6) is 0 Å². The van der Waals surface area contributed by atoms with Gasteiger partial charge in [-0.1, -0.05) is 0 Å². The van der Waals surface area contributed by atoms with Gasteiger partial charge in [-0.15, -0.1) is 11.6 Å². The van der Waals surface area contributed by atoms with E-state index in [1.54, 1.807) is 0 Å². The third-order valence-corrected chi connectivity index (χ3v) is 3.81. The Morgan fingerprint density at radius 1 is 1.14 bits per heavy atom. The fourth-order valence-electron chi connectivity index (χ4n) is 2.33. The third kappa shape index (κ3) is 3.11. The molecule has 1 saturated heterocycles. The van der Waals surface area contributed by atoms with Gasteiger partial charge in [-0.2, -0.15) is 0 Å². The number of hydrogen-bond acceptors (Lipinski definition) is 2. The van der Waals surface area contributed by atoms with Gasteiger partial charge in [0.05, 0.1) is 6.61 Å². The SMILES string of the molecule is ClC1CCC(NCC2CCOC2)CC1. The largest absolute Gasteiger partial charge is 0.381 e. The van der Waals surface area contributed by atoms with Crippen LogP contribution in [-0.2, 0) is 4.74 Å². The summed E-state index contributed by atoms with van der Waals surface area (Å²) in [5, 5.41) is 4.08. The van der Waals surface area contributed by atoms with Crippen LogP contribution in [0, 0.1) is 5.92 Å². The van der Waals surface area contributed by atoms with Crippen LogP contribution in [0.15, 0.2) is 0 Å². The summed E-state index contributed by atoms with van der Waals surface area (Å²) in [4.78, 5) is 0. The van der Waals surface area contributed by atoms with Gasteiger partial charge in [0.15, 0.2) is 0 Å². The standard InChI is InChI=1S/C11H20ClNO/c12-10-1-3-11(4-2-10)13-7-9-5-6-14-8-9/h9-11,13H,1-8H2. The maximum absolute atomic E-state index is 6.06. The second-order valence-electron chi connectivity index (χ2n) is 4.59. The Hall–Kier alpha value is 0.210. The quantitative estimate of drug-likeness (QED) is 0.732. The topological polar surface area (TPSA) is 21.3 Å². The molecule has 0 spiro atoms. The first-order chi connectivity index (χ1) is 6.84. The molecule has 0 bridgehead atoms. The van der Waals surface area contributed by atoms with Crippen LogP contribution in [0.3, 0.4) is 0 Å². The van der Waals surface area contributed by atoms with Crippen molar-refractivity contribution in [2.75, 3.05) is 19.8 Å². The number of ether oxygens (including phenoxy) is 1. The average Bonchev–Trinajstić information content (AvgIpc) is 2.70. The summed E-state index contributed by atoms with van der Waals surface area (Å²) >= 11 is 6.06. The van der Waals surface area contributed by atoms with Crippen molar-refractivity contribution in [3.63, 3.8) is 0 Å². The van der Waals surface area contributed by atoms with Crippen molar-refractivity contribution < 1.29 is 4.74 Å². The zero-order chi connectivity index (χ0) is 9.80. The van der Waals surface area contributed by atoms with E-state index < -0.39 is 0 Å². The molecule has 2 fully saturated rings. The average molecular weight is 218 g/mol. The highest BCUT2D eigenvalue weighted by molar-refractivity contribution is 6.20. The van der Waals surface area contributed by atoms with Gasteiger partial charge in [0.25, 0.3) is 0 Å². The molecule has 1 saturated carbocycles. The Morgan fingerprint density at radius 3 is 2.57 bits per heavy atom. The van der Waals surface area contributed by atoms with Gasteiger partial charge in [-0.25, -0.2) is 0 Å². The minimum absolute atomic E-state index is 0.433. The summed E-state index contributed by atoms with van der Waals surface area (Å²) in [5.74, 6) is 0.753. The molecule has 1 aliphatic carbocycles. The molecule has 3 heteroatoms. The minimum atomic E-state index is 0.433. The molecule has 2 nitrogen and oxygen atoms in total. The molecule has 14 heavy (non-hydrogen) atoms. The summed E-state index contributed by atoms with van der Waals surface area (Å²) in [6.07, 6.45) is 6.10. The van der Waals surface area contributed by atoms with Gasteiger partial charge >= 0.3 is 0 Å². The summed E-state index contributed by atoms with van der Waals surface area (Å²) in [6.45, 7) is 3.05. The number of halogens is 1. The lowest BCUT2D eigenvalue weighted by molar-refractivity contribution is 0.184. The van der Waals surface area contributed by atoms with Crippen molar-refractivity contribution in [2.24, 2.45) is 5.92 Å². The number of rotatable bonds is 3. The van der Waals surface area contributed by atoms with Gasteiger partial charge in [0.2, 0.25) is 0 Å². The molecule has 0 aromatic carbocycles. The van der Waals surface area contributed by atoms with Crippen LogP contribution in [0.4, 0.5) is 0 Å². The summed E-state index contributed by atoms with van der Waals surface area (Å²) in [7, 11) is 0. The number of hydrogen-bond donors (Lipinski definition) is 1. The van der Waals surface area contributed by atoms with Crippen LogP contribution in [0.2, 0.25) is 0 Å². The van der Waals surface area contributed by atoms with Crippen molar-refractivity contribution in [3.8, 4) is 0 Å². The predicted octanol–water partition coefficient (Wildman–Crippen LogP) is 2.16. The molecular weight excluding hydrogens is 198 g/mol. The zero-order valence-electron chi connectivity index (χ0n) is 8.68. The highest BCUT2D eigenvalue weighted by atomic mass is 35.5. The fraction of sp³-hybridized carbons (Fsp3) is 1.00. The van der Waals surface area contributed by atoms with E-state index in [0.29, 0.717) is 11.4 Å². The Bertz CT molecular complexity index is 163. The zero-order valence-corrected chi connectivity index (χ0v) is 9.43. The van der Waals surface area contributed by atoms with Crippen LogP contribution in [0.25, 0.3) is 0 Å². The van der Waals surface area contributed by atoms with E-state index in [2.05, 4.69) is 5.32 Å². The maximum atomic E-state index is 6.06. The Balaban J connectivity index is 1.60. The molecule has 1 heterocycles. The molecule has 82 valence electrons. The van der Waals surface area contributed by atoms with E-state index in [-0.39, 0.29) is 0 Å². The molecule has 2 aliphatic rings. The van der Waals surface area contributed by atoms with E-state index in [1.807, 2.05) is 0 Å². The fourth-order valence-corrected chi connectivity index (χ4v) is 2.59. The molecule has 1 aliphatic heterocycles. The van der Waals surface area contributed by atoms with E-state index in [1.165, 1.54) is 32.1 Å². The molecule has 1 unspecified atom stereocenters. The highest BCUT2D eigenvalue weighted by Gasteiger charge is 2.21. The molecule has 0 radical (unpaired) electrons. The lowest BCUT2D eigenvalue weighted by atomic mass is 9.94. The highest BCUT2D eigenvalue weighted by Crippen LogP contribution is 2.23. The predicted molar refractivity (Wildman–Crippen MR) is 58.8 cm³/mol. The Morgan fingerprint density at radius 2 is 1.93 bits per heavy atom. The van der Waals surface area contributed by atoms with Crippen LogP contribution >= 0.6 is 11.6 Å². The second kappa shape index (κ2) is 5.34. The molecule has 2 rings (SSSR count). The maximum Gasteiger partial charge on any atom is 0.0507 e. The molecule has 0 amide bonds. The molecule has 1 N–H and O–H groups in total. The number of alkyl halides is 1. The first-order valence-corrected chi connectivity index (χ1v) is 6.23. The second-order valence-corrected chi connectivity index (χ2v) is 5.20. The molecule has 1 atom stereocenters. The van der Waals surface area contributed by atoms with Crippen LogP contribution in [0.1, 0.15) is 32.1 Å². The normalized spacial score (nSPS) is 38.8. The van der Waals surface area contributed by atoms with Gasteiger partial charge < -0.3 is 10.1 Å². The van der Waals surface area contributed by atoms with E-state index in [4.69, 9.17) is 16.3 Å². The van der Waals surface area contributed by atoms with Crippen molar-refractivity contribution >= 4 is 11.6 Å². The van der Waals surface area contributed by atoms with Crippen molar-refractivity contribution in [2.45, 2.75) is 43.5 Å². The van der Waals surface area contributed by atoms with Crippen molar-refractivity contribution in [1.82, 2.24) is 5.32 Å². The molecule has 0 aromatic heterocycles. The van der Waals surface area contributed by atoms with Gasteiger partial charge in [0.1, 0.15) is 0 Å². The monoisotopic (exact) mass is 217 g/mol. The lowest BCUT2D eigenvalue weighted by Crippen LogP contribution is -2.36. The van der Waals surface area contributed by atoms with Gasteiger partial charge in [0, 0.05) is 24.6 Å². The minimum Gasteiger partial charge on any atom is -0.381 e. The number of nitrogens with one attached hydrogen (secondary N) is 1. The van der Waals surface area contributed by atoms with Crippen LogP contribution in [-0.4, -0.2) is 31.2 Å². The smallest absolute Gasteiger partial charge is 0.0507 e. The summed E-state index contributed by atoms with van der Waals surface area (Å²) < 4.78 is 5.35. The van der Waals surface area contributed by atoms with Crippen molar-refractivity contribution in [1.29, 1.82) is 0 Å². The van der Waals surface area contributed by atoms with E-state index in [0.717, 1.165) is 25.7 Å². The van der Waals surface area contributed by atoms with E-state index >= 15 is 0 Å². The Kier molecular flexibility index (Phi) is 4.09. The third-order valence-electron chi connectivity index (χ3n) is 3.38. The van der Waals surface area contributed by atoms with Gasteiger partial charge in [-0.3, -0.25) is 0 Å². The summed E-state index contributed by atoms with van der Waals surface area (Å²) in [6, 6.07) is 0.714. The Labute approximate surface area is 91.3 Å². The summed E-state index contributed by atoms with van der Waals surface area (Å²) in [5.41, 5.74) is 0. The molecular formula is C11H20ClNO. The lowest BCUT2D eigenvalue weighted by Gasteiger charge is -2.26. The van der Waals surface area contributed by atoms with Gasteiger partial charge in [-0.05, 0) is 38.0 Å². The van der Waals surface area contributed by atoms with E-state index in [9.17, 15) is 0 Å². The van der Waals surface area contributed by atoms with Crippen LogP contribution < -0.4 is 5.32 Å². The first kappa shape index (κ1) is 10.7.